The first-order valence-corrected chi connectivity index (χ1v) is 10.5. The molecule has 33 heavy (non-hydrogen) atoms. The Morgan fingerprint density at radius 2 is 1.97 bits per heavy atom. The number of aromatic nitrogens is 4. The van der Waals surface area contributed by atoms with E-state index < -0.39 is 0 Å². The van der Waals surface area contributed by atoms with E-state index in [1.165, 1.54) is 6.08 Å². The molecule has 166 valence electrons. The van der Waals surface area contributed by atoms with Gasteiger partial charge in [0.15, 0.2) is 17.3 Å². The number of carbonyl (C=O) groups excluding carboxylic acids is 1. The van der Waals surface area contributed by atoms with Gasteiger partial charge in [0.05, 0.1) is 19.5 Å². The van der Waals surface area contributed by atoms with Gasteiger partial charge in [-0.1, -0.05) is 19.6 Å². The molecule has 1 aromatic carbocycles. The van der Waals surface area contributed by atoms with Gasteiger partial charge in [0.1, 0.15) is 13.4 Å². The Morgan fingerprint density at radius 1 is 1.21 bits per heavy atom. The van der Waals surface area contributed by atoms with Crippen LogP contribution in [0.3, 0.4) is 0 Å². The summed E-state index contributed by atoms with van der Waals surface area (Å²) in [5.74, 6) is 1.37. The summed E-state index contributed by atoms with van der Waals surface area (Å²) in [5.41, 5.74) is 4.01. The molecule has 0 bridgehead atoms. The summed E-state index contributed by atoms with van der Waals surface area (Å²) in [5, 5.41) is 5.51. The average Bonchev–Trinajstić information content (AvgIpc) is 3.31. The largest absolute Gasteiger partial charge is 0.378 e. The Morgan fingerprint density at radius 3 is 2.67 bits per heavy atom. The van der Waals surface area contributed by atoms with Crippen molar-refractivity contribution in [2.24, 2.45) is 0 Å². The topological polar surface area (TPSA) is 108 Å². The second-order valence-corrected chi connectivity index (χ2v) is 7.46. The molecule has 2 aromatic heterocycles. The van der Waals surface area contributed by atoms with E-state index in [9.17, 15) is 4.79 Å². The number of fused-ring (bicyclic) bond motifs is 1. The predicted octanol–water partition coefficient (Wildman–Crippen LogP) is 3.12. The van der Waals surface area contributed by atoms with E-state index in [0.29, 0.717) is 41.5 Å². The number of rotatable bonds is 6. The Labute approximate surface area is 193 Å². The second-order valence-electron chi connectivity index (χ2n) is 7.46. The minimum atomic E-state index is -0.388. The number of hydrogen-bond acceptors (Lipinski definition) is 6. The smallest absolute Gasteiger partial charge is 0.323 e. The Bertz CT molecular complexity index is 1210. The van der Waals surface area contributed by atoms with E-state index in [2.05, 4.69) is 37.1 Å². The van der Waals surface area contributed by atoms with Crippen molar-refractivity contribution in [2.75, 3.05) is 36.5 Å². The third kappa shape index (κ3) is 5.47. The second kappa shape index (κ2) is 10.1. The predicted molar refractivity (Wildman–Crippen MR) is 130 cm³/mol. The third-order valence-electron chi connectivity index (χ3n) is 4.98. The van der Waals surface area contributed by atoms with Crippen LogP contribution in [0.15, 0.2) is 66.6 Å². The summed E-state index contributed by atoms with van der Waals surface area (Å²) >= 11 is 0. The molecule has 3 N–H and O–H groups in total. The van der Waals surface area contributed by atoms with Crippen molar-refractivity contribution in [1.29, 1.82) is 0 Å². The molecular weight excluding hydrogens is 417 g/mol. The lowest BCUT2D eigenvalue weighted by Crippen LogP contribution is -2.37. The summed E-state index contributed by atoms with van der Waals surface area (Å²) < 4.78 is 5.46. The van der Waals surface area contributed by atoms with E-state index >= 15 is 0 Å². The van der Waals surface area contributed by atoms with Crippen molar-refractivity contribution in [1.82, 2.24) is 25.3 Å². The minimum absolute atomic E-state index is 0.388. The van der Waals surface area contributed by atoms with Crippen LogP contribution in [0, 0.1) is 0 Å². The van der Waals surface area contributed by atoms with Gasteiger partial charge in [-0.15, -0.1) is 5.47 Å². The molecule has 10 heteroatoms. The first-order valence-electron chi connectivity index (χ1n) is 10.5. The fourth-order valence-electron chi connectivity index (χ4n) is 3.33. The van der Waals surface area contributed by atoms with Crippen LogP contribution in [-0.2, 0) is 4.74 Å². The number of H-pyrrole nitrogens is 1. The normalized spacial score (nSPS) is 14.9. The van der Waals surface area contributed by atoms with Gasteiger partial charge in [-0.3, -0.25) is 0 Å². The first-order chi connectivity index (χ1) is 16.0. The van der Waals surface area contributed by atoms with Crippen molar-refractivity contribution in [3.05, 3.63) is 66.6 Å². The molecule has 1 fully saturated rings. The van der Waals surface area contributed by atoms with Crippen molar-refractivity contribution < 1.29 is 9.53 Å². The highest BCUT2D eigenvalue weighted by atomic mass is 16.5. The van der Waals surface area contributed by atoms with Gasteiger partial charge in [-0.05, 0) is 36.4 Å². The number of nitrogens with one attached hydrogen (secondary N) is 3. The molecule has 4 rings (SSSR count). The number of anilines is 2. The number of imidazole rings is 1. The zero-order chi connectivity index (χ0) is 23.2. The van der Waals surface area contributed by atoms with Crippen LogP contribution in [-0.4, -0.2) is 60.1 Å². The molecule has 0 atom stereocenters. The van der Waals surface area contributed by atoms with Crippen molar-refractivity contribution in [3.63, 3.8) is 0 Å². The van der Waals surface area contributed by atoms with Gasteiger partial charge in [0.25, 0.3) is 0 Å². The molecule has 1 aliphatic heterocycles. The summed E-state index contributed by atoms with van der Waals surface area (Å²) in [6.45, 7) is 8.27. The van der Waals surface area contributed by atoms with Crippen LogP contribution in [0.2, 0.25) is 0 Å². The highest BCUT2D eigenvalue weighted by molar-refractivity contribution is 6.21. The quantitative estimate of drug-likeness (QED) is 0.401. The SMILES string of the molecule is [B]/C(C)=C/C=C(\C=C)NC(=O)Nc1ccc(-c2nc(N3CCOCC3)c3[nH]cnc3n2)cc1. The number of amides is 2. The monoisotopic (exact) mass is 441 g/mol. The molecule has 2 radical (unpaired) electrons. The Kier molecular flexibility index (Phi) is 6.84. The number of benzene rings is 1. The van der Waals surface area contributed by atoms with E-state index in [0.717, 1.165) is 30.0 Å². The van der Waals surface area contributed by atoms with Crippen LogP contribution in [0.4, 0.5) is 16.3 Å². The standard InChI is InChI=1S/C23H24BN7O2/c1-3-17(7-4-15(2)24)27-23(32)28-18-8-5-16(6-9-18)20-29-21-19(25-14-26-21)22(30-20)31-10-12-33-13-11-31/h3-9,14H,1,10-13H2,2H3,(H2,27,28,32)(H,25,26,29,30)/b15-4+,17-7+. The Balaban J connectivity index is 1.51. The van der Waals surface area contributed by atoms with Crippen LogP contribution in [0.5, 0.6) is 0 Å². The summed E-state index contributed by atoms with van der Waals surface area (Å²) in [6.07, 6.45) is 6.53. The highest BCUT2D eigenvalue weighted by Crippen LogP contribution is 2.26. The van der Waals surface area contributed by atoms with Gasteiger partial charge in [-0.2, -0.15) is 0 Å². The fourth-order valence-corrected chi connectivity index (χ4v) is 3.33. The first kappa shape index (κ1) is 22.3. The summed E-state index contributed by atoms with van der Waals surface area (Å²) in [7, 11) is 5.62. The lowest BCUT2D eigenvalue weighted by Gasteiger charge is -2.28. The van der Waals surface area contributed by atoms with Crippen LogP contribution < -0.4 is 15.5 Å². The molecule has 9 nitrogen and oxygen atoms in total. The number of carbonyl (C=O) groups is 1. The van der Waals surface area contributed by atoms with Crippen LogP contribution in [0.1, 0.15) is 6.92 Å². The third-order valence-corrected chi connectivity index (χ3v) is 4.98. The van der Waals surface area contributed by atoms with E-state index in [-0.39, 0.29) is 6.03 Å². The maximum atomic E-state index is 12.3. The van der Waals surface area contributed by atoms with Gasteiger partial charge >= 0.3 is 6.03 Å². The number of ether oxygens (including phenoxy) is 1. The van der Waals surface area contributed by atoms with Gasteiger partial charge < -0.3 is 25.3 Å². The lowest BCUT2D eigenvalue weighted by atomic mass is 9.97. The number of hydrogen-bond donors (Lipinski definition) is 3. The molecule has 1 saturated heterocycles. The summed E-state index contributed by atoms with van der Waals surface area (Å²) in [4.78, 5) is 31.3. The number of allylic oxidation sites excluding steroid dienone is 4. The van der Waals surface area contributed by atoms with Crippen molar-refractivity contribution in [3.8, 4) is 11.4 Å². The molecule has 3 heterocycles. The van der Waals surface area contributed by atoms with Gasteiger partial charge in [0.2, 0.25) is 0 Å². The number of morpholine rings is 1. The lowest BCUT2D eigenvalue weighted by molar-refractivity contribution is 0.122. The fraction of sp³-hybridized carbons (Fsp3) is 0.217. The zero-order valence-electron chi connectivity index (χ0n) is 18.3. The van der Waals surface area contributed by atoms with Crippen molar-refractivity contribution in [2.45, 2.75) is 6.92 Å². The molecule has 0 aliphatic carbocycles. The molecule has 2 amide bonds. The van der Waals surface area contributed by atoms with Crippen LogP contribution in [0.25, 0.3) is 22.6 Å². The maximum absolute atomic E-state index is 12.3. The molecule has 0 unspecified atom stereocenters. The highest BCUT2D eigenvalue weighted by Gasteiger charge is 2.19. The number of nitrogens with zero attached hydrogens (tertiary/aromatic N) is 4. The molecular formula is C23H24BN7O2. The number of aromatic amines is 1. The Hall–Kier alpha value is -3.92. The molecule has 0 spiro atoms. The summed E-state index contributed by atoms with van der Waals surface area (Å²) in [6, 6.07) is 6.92. The molecule has 0 saturated carbocycles. The minimum Gasteiger partial charge on any atom is -0.378 e. The maximum Gasteiger partial charge on any atom is 0.323 e. The van der Waals surface area contributed by atoms with E-state index in [1.807, 2.05) is 12.1 Å². The van der Waals surface area contributed by atoms with E-state index in [4.69, 9.17) is 17.6 Å². The van der Waals surface area contributed by atoms with Gasteiger partial charge in [0, 0.05) is 30.0 Å². The van der Waals surface area contributed by atoms with Crippen LogP contribution >= 0.6 is 0 Å². The number of urea groups is 1. The van der Waals surface area contributed by atoms with Gasteiger partial charge in [-0.25, -0.2) is 19.7 Å². The molecule has 3 aromatic rings. The average molecular weight is 441 g/mol. The molecule has 1 aliphatic rings. The van der Waals surface area contributed by atoms with E-state index in [1.54, 1.807) is 37.5 Å². The zero-order valence-corrected chi connectivity index (χ0v) is 18.3. The van der Waals surface area contributed by atoms with Crippen molar-refractivity contribution >= 4 is 36.5 Å².